The molecule has 2 aromatic rings. The first-order chi connectivity index (χ1) is 10.2. The second-order valence-electron chi connectivity index (χ2n) is 6.64. The summed E-state index contributed by atoms with van der Waals surface area (Å²) in [6.45, 7) is 10.0. The van der Waals surface area contributed by atoms with Crippen molar-refractivity contribution in [3.63, 3.8) is 0 Å². The highest BCUT2D eigenvalue weighted by Crippen LogP contribution is 2.30. The van der Waals surface area contributed by atoms with Crippen LogP contribution in [0.3, 0.4) is 0 Å². The Kier molecular flexibility index (Phi) is 4.90. The van der Waals surface area contributed by atoms with Gasteiger partial charge in [0.1, 0.15) is 0 Å². The van der Waals surface area contributed by atoms with Crippen molar-refractivity contribution in [2.75, 3.05) is 6.61 Å². The van der Waals surface area contributed by atoms with Crippen LogP contribution in [0.15, 0.2) is 22.7 Å². The SMILES string of the molecule is Cc1ccc2c(Br)c(CCOC(=O)C(C)(C)C)c(C)cc2n1. The number of fused-ring (bicyclic) bond motifs is 1. The molecule has 0 fully saturated rings. The molecule has 0 unspecified atom stereocenters. The predicted molar refractivity (Wildman–Crippen MR) is 93.0 cm³/mol. The molecule has 0 atom stereocenters. The van der Waals surface area contributed by atoms with Crippen molar-refractivity contribution >= 4 is 32.8 Å². The van der Waals surface area contributed by atoms with E-state index in [9.17, 15) is 4.79 Å². The van der Waals surface area contributed by atoms with Gasteiger partial charge < -0.3 is 4.74 Å². The van der Waals surface area contributed by atoms with E-state index in [4.69, 9.17) is 4.74 Å². The molecule has 118 valence electrons. The first kappa shape index (κ1) is 16.9. The number of halogens is 1. The average molecular weight is 364 g/mol. The number of hydrogen-bond donors (Lipinski definition) is 0. The van der Waals surface area contributed by atoms with Gasteiger partial charge in [0, 0.05) is 22.0 Å². The van der Waals surface area contributed by atoms with E-state index in [-0.39, 0.29) is 5.97 Å². The normalized spacial score (nSPS) is 11.7. The summed E-state index contributed by atoms with van der Waals surface area (Å²) in [6, 6.07) is 6.17. The Morgan fingerprint density at radius 1 is 1.27 bits per heavy atom. The first-order valence-electron chi connectivity index (χ1n) is 7.42. The first-order valence-corrected chi connectivity index (χ1v) is 8.22. The van der Waals surface area contributed by atoms with E-state index < -0.39 is 5.41 Å². The minimum Gasteiger partial charge on any atom is -0.465 e. The molecular formula is C18H22BrNO2. The van der Waals surface area contributed by atoms with E-state index in [0.717, 1.165) is 26.6 Å². The number of rotatable bonds is 3. The van der Waals surface area contributed by atoms with Crippen LogP contribution < -0.4 is 0 Å². The molecule has 0 N–H and O–H groups in total. The van der Waals surface area contributed by atoms with Crippen molar-refractivity contribution in [1.29, 1.82) is 0 Å². The molecule has 3 nitrogen and oxygen atoms in total. The summed E-state index contributed by atoms with van der Waals surface area (Å²) in [4.78, 5) is 16.4. The van der Waals surface area contributed by atoms with Crippen LogP contribution in [-0.4, -0.2) is 17.6 Å². The summed E-state index contributed by atoms with van der Waals surface area (Å²) in [5.41, 5.74) is 3.85. The van der Waals surface area contributed by atoms with Gasteiger partial charge in [-0.1, -0.05) is 0 Å². The maximum absolute atomic E-state index is 11.8. The standard InChI is InChI=1S/C18H22BrNO2/c1-11-10-15-14(7-6-12(2)20-15)16(19)13(11)8-9-22-17(21)18(3,4)5/h6-7,10H,8-9H2,1-5H3. The molecule has 0 aliphatic heterocycles. The van der Waals surface area contributed by atoms with Gasteiger partial charge >= 0.3 is 5.97 Å². The Labute approximate surface area is 140 Å². The summed E-state index contributed by atoms with van der Waals surface area (Å²) in [7, 11) is 0. The fourth-order valence-electron chi connectivity index (χ4n) is 2.27. The van der Waals surface area contributed by atoms with Gasteiger partial charge in [0.25, 0.3) is 0 Å². The van der Waals surface area contributed by atoms with Gasteiger partial charge in [-0.25, -0.2) is 0 Å². The third-order valence-electron chi connectivity index (χ3n) is 3.59. The van der Waals surface area contributed by atoms with Gasteiger partial charge in [-0.2, -0.15) is 0 Å². The highest BCUT2D eigenvalue weighted by Gasteiger charge is 2.23. The Hall–Kier alpha value is -1.42. The Bertz CT molecular complexity index is 717. The zero-order valence-corrected chi connectivity index (χ0v) is 15.4. The number of aromatic nitrogens is 1. The molecule has 22 heavy (non-hydrogen) atoms. The van der Waals surface area contributed by atoms with Crippen LogP contribution in [-0.2, 0) is 16.0 Å². The number of hydrogen-bond acceptors (Lipinski definition) is 3. The maximum Gasteiger partial charge on any atom is 0.311 e. The molecule has 2 rings (SSSR count). The fraction of sp³-hybridized carbons (Fsp3) is 0.444. The van der Waals surface area contributed by atoms with Gasteiger partial charge in [-0.05, 0) is 79.9 Å². The molecule has 1 heterocycles. The zero-order chi connectivity index (χ0) is 16.5. The molecule has 0 bridgehead atoms. The molecule has 1 aromatic heterocycles. The maximum atomic E-state index is 11.8. The van der Waals surface area contributed by atoms with Crippen LogP contribution in [0.25, 0.3) is 10.9 Å². The van der Waals surface area contributed by atoms with Crippen molar-refractivity contribution in [2.24, 2.45) is 5.41 Å². The van der Waals surface area contributed by atoms with Crippen LogP contribution >= 0.6 is 15.9 Å². The van der Waals surface area contributed by atoms with Crippen LogP contribution in [0.2, 0.25) is 0 Å². The number of benzene rings is 1. The van der Waals surface area contributed by atoms with Crippen LogP contribution in [0.5, 0.6) is 0 Å². The minimum atomic E-state index is -0.461. The Balaban J connectivity index is 2.21. The van der Waals surface area contributed by atoms with Crippen molar-refractivity contribution in [3.05, 3.63) is 39.5 Å². The number of aryl methyl sites for hydroxylation is 2. The van der Waals surface area contributed by atoms with E-state index in [1.807, 2.05) is 33.8 Å². The lowest BCUT2D eigenvalue weighted by Gasteiger charge is -2.17. The van der Waals surface area contributed by atoms with E-state index in [1.165, 1.54) is 5.56 Å². The van der Waals surface area contributed by atoms with E-state index >= 15 is 0 Å². The van der Waals surface area contributed by atoms with Gasteiger partial charge in [0.15, 0.2) is 0 Å². The smallest absolute Gasteiger partial charge is 0.311 e. The monoisotopic (exact) mass is 363 g/mol. The molecule has 0 saturated heterocycles. The minimum absolute atomic E-state index is 0.167. The summed E-state index contributed by atoms with van der Waals surface area (Å²) < 4.78 is 6.42. The van der Waals surface area contributed by atoms with Gasteiger partial charge in [0.05, 0.1) is 17.5 Å². The number of pyridine rings is 1. The van der Waals surface area contributed by atoms with Crippen molar-refractivity contribution < 1.29 is 9.53 Å². The van der Waals surface area contributed by atoms with E-state index in [1.54, 1.807) is 0 Å². The third kappa shape index (κ3) is 3.67. The molecule has 0 saturated carbocycles. The van der Waals surface area contributed by atoms with Crippen molar-refractivity contribution in [1.82, 2.24) is 4.98 Å². The van der Waals surface area contributed by atoms with E-state index in [2.05, 4.69) is 40.0 Å². The second-order valence-corrected chi connectivity index (χ2v) is 7.43. The summed E-state index contributed by atoms with van der Waals surface area (Å²) in [5, 5.41) is 1.09. The van der Waals surface area contributed by atoms with Crippen LogP contribution in [0, 0.1) is 19.3 Å². The Morgan fingerprint density at radius 3 is 2.59 bits per heavy atom. The largest absolute Gasteiger partial charge is 0.465 e. The fourth-order valence-corrected chi connectivity index (χ4v) is 3.12. The average Bonchev–Trinajstić information content (AvgIpc) is 2.40. The number of carbonyl (C=O) groups excluding carboxylic acids is 1. The number of carbonyl (C=O) groups is 1. The lowest BCUT2D eigenvalue weighted by molar-refractivity contribution is -0.152. The number of nitrogens with zero attached hydrogens (tertiary/aromatic N) is 1. The molecular weight excluding hydrogens is 342 g/mol. The molecule has 0 aliphatic rings. The highest BCUT2D eigenvalue weighted by atomic mass is 79.9. The second kappa shape index (κ2) is 6.37. The lowest BCUT2D eigenvalue weighted by Crippen LogP contribution is -2.23. The molecule has 0 aliphatic carbocycles. The molecule has 0 radical (unpaired) electrons. The van der Waals surface area contributed by atoms with E-state index in [0.29, 0.717) is 13.0 Å². The number of ether oxygens (including phenoxy) is 1. The summed E-state index contributed by atoms with van der Waals surface area (Å²) in [6.07, 6.45) is 0.693. The van der Waals surface area contributed by atoms with Gasteiger partial charge in [-0.15, -0.1) is 0 Å². The summed E-state index contributed by atoms with van der Waals surface area (Å²) in [5.74, 6) is -0.167. The van der Waals surface area contributed by atoms with Gasteiger partial charge in [-0.3, -0.25) is 9.78 Å². The third-order valence-corrected chi connectivity index (χ3v) is 4.50. The Morgan fingerprint density at radius 2 is 1.95 bits per heavy atom. The van der Waals surface area contributed by atoms with Crippen molar-refractivity contribution in [2.45, 2.75) is 41.0 Å². The predicted octanol–water partition coefficient (Wildman–Crippen LogP) is 4.75. The zero-order valence-electron chi connectivity index (χ0n) is 13.8. The van der Waals surface area contributed by atoms with Crippen LogP contribution in [0.4, 0.5) is 0 Å². The van der Waals surface area contributed by atoms with Gasteiger partial charge in [0.2, 0.25) is 0 Å². The summed E-state index contributed by atoms with van der Waals surface area (Å²) >= 11 is 3.68. The van der Waals surface area contributed by atoms with Crippen molar-refractivity contribution in [3.8, 4) is 0 Å². The molecule has 4 heteroatoms. The molecule has 0 spiro atoms. The number of esters is 1. The molecule has 0 amide bonds. The lowest BCUT2D eigenvalue weighted by atomic mass is 9.97. The highest BCUT2D eigenvalue weighted by molar-refractivity contribution is 9.10. The topological polar surface area (TPSA) is 39.2 Å². The molecule has 1 aromatic carbocycles. The van der Waals surface area contributed by atoms with Crippen LogP contribution in [0.1, 0.15) is 37.6 Å². The quantitative estimate of drug-likeness (QED) is 0.738.